The molecule has 0 aromatic heterocycles. The number of halogens is 4. The van der Waals surface area contributed by atoms with Gasteiger partial charge in [-0.25, -0.2) is 0 Å². The second-order valence-corrected chi connectivity index (χ2v) is 4.12. The van der Waals surface area contributed by atoms with Gasteiger partial charge >= 0.3 is 6.18 Å². The van der Waals surface area contributed by atoms with Gasteiger partial charge in [0, 0.05) is 23.9 Å². The van der Waals surface area contributed by atoms with Gasteiger partial charge in [0.1, 0.15) is 0 Å². The van der Waals surface area contributed by atoms with E-state index in [4.69, 9.17) is 16.3 Å². The quantitative estimate of drug-likeness (QED) is 0.896. The molecule has 0 fully saturated rings. The number of anilines is 1. The van der Waals surface area contributed by atoms with Crippen molar-refractivity contribution in [2.24, 2.45) is 0 Å². The Bertz CT molecular complexity index is 381. The van der Waals surface area contributed by atoms with Crippen LogP contribution in [0.25, 0.3) is 0 Å². The van der Waals surface area contributed by atoms with Crippen LogP contribution in [0, 0.1) is 0 Å². The summed E-state index contributed by atoms with van der Waals surface area (Å²) in [6.45, 7) is 2.05. The van der Waals surface area contributed by atoms with Crippen molar-refractivity contribution in [1.29, 1.82) is 0 Å². The molecule has 1 aromatic rings. The molecule has 1 rings (SSSR count). The van der Waals surface area contributed by atoms with E-state index in [2.05, 4.69) is 5.32 Å². The molecule has 0 heterocycles. The monoisotopic (exact) mass is 267 g/mol. The van der Waals surface area contributed by atoms with Crippen molar-refractivity contribution < 1.29 is 17.9 Å². The first-order valence-corrected chi connectivity index (χ1v) is 5.34. The minimum atomic E-state index is -4.43. The fraction of sp³-hybridized carbons (Fsp3) is 0.455. The molecule has 0 aliphatic heterocycles. The fourth-order valence-electron chi connectivity index (χ4n) is 1.43. The average molecular weight is 268 g/mol. The Morgan fingerprint density at radius 3 is 2.59 bits per heavy atom. The molecule has 2 nitrogen and oxygen atoms in total. The van der Waals surface area contributed by atoms with Crippen molar-refractivity contribution in [3.05, 3.63) is 28.8 Å². The Morgan fingerprint density at radius 2 is 2.06 bits per heavy atom. The average Bonchev–Trinajstić information content (AvgIpc) is 2.19. The van der Waals surface area contributed by atoms with Crippen molar-refractivity contribution in [3.8, 4) is 0 Å². The molecule has 96 valence electrons. The number of rotatable bonds is 4. The maximum atomic E-state index is 12.7. The Kier molecular flexibility index (Phi) is 4.65. The van der Waals surface area contributed by atoms with Crippen LogP contribution in [0.2, 0.25) is 5.02 Å². The predicted molar refractivity (Wildman–Crippen MR) is 61.4 cm³/mol. The number of methoxy groups -OCH3 is 1. The first kappa shape index (κ1) is 14.1. The van der Waals surface area contributed by atoms with Gasteiger partial charge in [0.15, 0.2) is 0 Å². The van der Waals surface area contributed by atoms with E-state index in [-0.39, 0.29) is 16.8 Å². The summed E-state index contributed by atoms with van der Waals surface area (Å²) in [6, 6.07) is 3.42. The van der Waals surface area contributed by atoms with Crippen LogP contribution in [0.15, 0.2) is 18.2 Å². The summed E-state index contributed by atoms with van der Waals surface area (Å²) < 4.78 is 43.1. The van der Waals surface area contributed by atoms with Crippen LogP contribution in [0.1, 0.15) is 12.5 Å². The number of ether oxygens (including phenoxy) is 1. The van der Waals surface area contributed by atoms with Crippen LogP contribution >= 0.6 is 11.6 Å². The third-order valence-corrected chi connectivity index (χ3v) is 2.34. The fourth-order valence-corrected chi connectivity index (χ4v) is 1.61. The zero-order valence-corrected chi connectivity index (χ0v) is 10.2. The van der Waals surface area contributed by atoms with E-state index in [1.54, 1.807) is 6.92 Å². The summed E-state index contributed by atoms with van der Waals surface area (Å²) in [6.07, 6.45) is -4.43. The van der Waals surface area contributed by atoms with Gasteiger partial charge in [-0.1, -0.05) is 11.6 Å². The van der Waals surface area contributed by atoms with Crippen LogP contribution < -0.4 is 5.32 Å². The molecule has 1 atom stereocenters. The number of hydrogen-bond acceptors (Lipinski definition) is 2. The molecular formula is C11H13ClF3NO. The molecule has 6 heteroatoms. The third-order valence-electron chi connectivity index (χ3n) is 2.11. The highest BCUT2D eigenvalue weighted by Crippen LogP contribution is 2.36. The van der Waals surface area contributed by atoms with Gasteiger partial charge in [0.05, 0.1) is 12.2 Å². The van der Waals surface area contributed by atoms with Gasteiger partial charge in [-0.05, 0) is 25.1 Å². The van der Waals surface area contributed by atoms with Gasteiger partial charge in [-0.15, -0.1) is 0 Å². The van der Waals surface area contributed by atoms with Gasteiger partial charge in [0.2, 0.25) is 0 Å². The summed E-state index contributed by atoms with van der Waals surface area (Å²) in [5, 5.41) is 2.80. The molecule has 1 unspecified atom stereocenters. The smallest absolute Gasteiger partial charge is 0.383 e. The molecule has 0 bridgehead atoms. The Balaban J connectivity index is 2.99. The minimum absolute atomic E-state index is 0.00597. The maximum Gasteiger partial charge on any atom is 0.418 e. The van der Waals surface area contributed by atoms with Gasteiger partial charge in [-0.2, -0.15) is 13.2 Å². The maximum absolute atomic E-state index is 12.7. The Labute approximate surface area is 103 Å². The number of hydrogen-bond donors (Lipinski definition) is 1. The van der Waals surface area contributed by atoms with Crippen LogP contribution in [-0.2, 0) is 10.9 Å². The largest absolute Gasteiger partial charge is 0.418 e. The van der Waals surface area contributed by atoms with Gasteiger partial charge in [-0.3, -0.25) is 0 Å². The summed E-state index contributed by atoms with van der Waals surface area (Å²) >= 11 is 5.57. The molecule has 0 saturated heterocycles. The lowest BCUT2D eigenvalue weighted by Crippen LogP contribution is -2.23. The second-order valence-electron chi connectivity index (χ2n) is 3.69. The minimum Gasteiger partial charge on any atom is -0.383 e. The lowest BCUT2D eigenvalue weighted by atomic mass is 10.1. The van der Waals surface area contributed by atoms with E-state index < -0.39 is 11.7 Å². The van der Waals surface area contributed by atoms with E-state index >= 15 is 0 Å². The molecule has 0 amide bonds. The molecular weight excluding hydrogens is 255 g/mol. The number of nitrogens with one attached hydrogen (secondary N) is 1. The van der Waals surface area contributed by atoms with Crippen LogP contribution in [0.3, 0.4) is 0 Å². The number of alkyl halides is 3. The molecule has 0 saturated carbocycles. The van der Waals surface area contributed by atoms with Crippen molar-refractivity contribution in [2.45, 2.75) is 19.1 Å². The highest BCUT2D eigenvalue weighted by atomic mass is 35.5. The van der Waals surface area contributed by atoms with Crippen LogP contribution in [-0.4, -0.2) is 19.8 Å². The zero-order chi connectivity index (χ0) is 13.1. The summed E-state index contributed by atoms with van der Waals surface area (Å²) in [7, 11) is 1.49. The van der Waals surface area contributed by atoms with Crippen molar-refractivity contribution >= 4 is 17.3 Å². The highest BCUT2D eigenvalue weighted by molar-refractivity contribution is 6.30. The molecule has 1 aromatic carbocycles. The first-order valence-electron chi connectivity index (χ1n) is 4.97. The lowest BCUT2D eigenvalue weighted by molar-refractivity contribution is -0.137. The van der Waals surface area contributed by atoms with Crippen molar-refractivity contribution in [1.82, 2.24) is 0 Å². The topological polar surface area (TPSA) is 21.3 Å². The molecule has 0 aliphatic rings. The number of benzene rings is 1. The lowest BCUT2D eigenvalue weighted by Gasteiger charge is -2.19. The van der Waals surface area contributed by atoms with Crippen LogP contribution in [0.4, 0.5) is 18.9 Å². The summed E-state index contributed by atoms with van der Waals surface area (Å²) in [5.74, 6) is 0. The first-order chi connectivity index (χ1) is 7.84. The molecule has 17 heavy (non-hydrogen) atoms. The SMILES string of the molecule is COCC(C)Nc1ccc(Cl)cc1C(F)(F)F. The van der Waals surface area contributed by atoms with Gasteiger partial charge < -0.3 is 10.1 Å². The molecule has 1 N–H and O–H groups in total. The summed E-state index contributed by atoms with van der Waals surface area (Å²) in [5.41, 5.74) is -0.764. The predicted octanol–water partition coefficient (Wildman–Crippen LogP) is 3.81. The van der Waals surface area contributed by atoms with E-state index in [0.29, 0.717) is 6.61 Å². The molecule has 0 spiro atoms. The van der Waals surface area contributed by atoms with E-state index in [1.165, 1.54) is 19.2 Å². The van der Waals surface area contributed by atoms with E-state index in [9.17, 15) is 13.2 Å². The normalized spacial score (nSPS) is 13.5. The molecule has 0 radical (unpaired) electrons. The zero-order valence-electron chi connectivity index (χ0n) is 9.44. The second kappa shape index (κ2) is 5.60. The van der Waals surface area contributed by atoms with Crippen molar-refractivity contribution in [2.75, 3.05) is 19.0 Å². The third kappa shape index (κ3) is 4.09. The molecule has 0 aliphatic carbocycles. The van der Waals surface area contributed by atoms with Crippen molar-refractivity contribution in [3.63, 3.8) is 0 Å². The Morgan fingerprint density at radius 1 is 1.41 bits per heavy atom. The van der Waals surface area contributed by atoms with E-state index in [1.807, 2.05) is 0 Å². The standard InChI is InChI=1S/C11H13ClF3NO/c1-7(6-17-2)16-10-4-3-8(12)5-9(10)11(13,14)15/h3-5,7,16H,6H2,1-2H3. The highest BCUT2D eigenvalue weighted by Gasteiger charge is 2.34. The van der Waals surface area contributed by atoms with Gasteiger partial charge in [0.25, 0.3) is 0 Å². The Hall–Kier alpha value is -0.940. The summed E-state index contributed by atoms with van der Waals surface area (Å²) in [4.78, 5) is 0. The van der Waals surface area contributed by atoms with Crippen LogP contribution in [0.5, 0.6) is 0 Å². The van der Waals surface area contributed by atoms with E-state index in [0.717, 1.165) is 6.07 Å².